The van der Waals surface area contributed by atoms with Crippen molar-refractivity contribution in [3.05, 3.63) is 0 Å². The van der Waals surface area contributed by atoms with Gasteiger partial charge in [0, 0.05) is 14.5 Å². The van der Waals surface area contributed by atoms with Crippen LogP contribution in [0.4, 0.5) is 0 Å². The van der Waals surface area contributed by atoms with Gasteiger partial charge in [0.15, 0.2) is 0 Å². The Morgan fingerprint density at radius 2 is 1.80 bits per heavy atom. The van der Waals surface area contributed by atoms with Crippen LogP contribution in [0.15, 0.2) is 0 Å². The third-order valence-electron chi connectivity index (χ3n) is 2.63. The van der Waals surface area contributed by atoms with E-state index in [0.29, 0.717) is 21.1 Å². The van der Waals surface area contributed by atoms with Crippen molar-refractivity contribution in [2.45, 2.75) is 52.9 Å². The van der Waals surface area contributed by atoms with Gasteiger partial charge in [0.25, 0.3) is 0 Å². The lowest BCUT2D eigenvalue weighted by molar-refractivity contribution is -0.0161. The van der Waals surface area contributed by atoms with Gasteiger partial charge in [0.05, 0.1) is 18.8 Å². The Labute approximate surface area is 117 Å². The predicted octanol–water partition coefficient (Wildman–Crippen LogP) is 3.23. The molecule has 0 radical (unpaired) electrons. The summed E-state index contributed by atoms with van der Waals surface area (Å²) in [5, 5.41) is 9.45. The molecule has 1 saturated carbocycles. The van der Waals surface area contributed by atoms with E-state index in [-0.39, 0.29) is 12.2 Å². The molecular formula is C10H17Br3O2. The molecule has 3 unspecified atom stereocenters. The molecule has 2 nitrogen and oxygen atoms in total. The molecule has 0 bridgehead atoms. The summed E-state index contributed by atoms with van der Waals surface area (Å²) in [6.45, 7) is 2.39. The van der Waals surface area contributed by atoms with Gasteiger partial charge in [-0.05, 0) is 19.3 Å². The Morgan fingerprint density at radius 1 is 1.27 bits per heavy atom. The summed E-state index contributed by atoms with van der Waals surface area (Å²) in [6, 6.07) is 0. The molecule has 5 heteroatoms. The molecule has 1 aliphatic carbocycles. The van der Waals surface area contributed by atoms with E-state index >= 15 is 0 Å². The Hall–Kier alpha value is 1.36. The second-order valence-corrected chi connectivity index (χ2v) is 7.61. The largest absolute Gasteiger partial charge is 0.391 e. The van der Waals surface area contributed by atoms with Crippen molar-refractivity contribution in [3.63, 3.8) is 0 Å². The highest BCUT2D eigenvalue weighted by molar-refractivity contribution is 9.10. The highest BCUT2D eigenvalue weighted by Crippen LogP contribution is 2.35. The number of alkyl halides is 3. The van der Waals surface area contributed by atoms with Crippen molar-refractivity contribution in [3.8, 4) is 0 Å². The van der Waals surface area contributed by atoms with E-state index in [1.807, 2.05) is 6.92 Å². The summed E-state index contributed by atoms with van der Waals surface area (Å²) in [4.78, 5) is 1.25. The lowest BCUT2D eigenvalue weighted by atomic mass is 9.97. The van der Waals surface area contributed by atoms with Gasteiger partial charge in [-0.15, -0.1) is 0 Å². The zero-order valence-electron chi connectivity index (χ0n) is 8.70. The zero-order valence-corrected chi connectivity index (χ0v) is 13.5. The van der Waals surface area contributed by atoms with E-state index in [4.69, 9.17) is 4.74 Å². The third kappa shape index (κ3) is 4.62. The van der Waals surface area contributed by atoms with Crippen molar-refractivity contribution < 1.29 is 9.84 Å². The number of rotatable bonds is 4. The Balaban J connectivity index is 2.39. The molecule has 1 aliphatic rings. The van der Waals surface area contributed by atoms with Crippen LogP contribution >= 0.6 is 47.8 Å². The number of ether oxygens (including phenoxy) is 1. The SMILES string of the molecule is CCC(O)COC1C(Br)CC(Br)CC1Br. The van der Waals surface area contributed by atoms with Crippen LogP contribution in [0, 0.1) is 0 Å². The quantitative estimate of drug-likeness (QED) is 0.724. The van der Waals surface area contributed by atoms with Gasteiger partial charge in [0.2, 0.25) is 0 Å². The van der Waals surface area contributed by atoms with E-state index in [1.54, 1.807) is 0 Å². The van der Waals surface area contributed by atoms with Gasteiger partial charge in [-0.25, -0.2) is 0 Å². The number of hydrogen-bond acceptors (Lipinski definition) is 2. The second kappa shape index (κ2) is 6.94. The molecule has 3 atom stereocenters. The summed E-state index contributed by atoms with van der Waals surface area (Å²) in [5.74, 6) is 0. The molecule has 0 saturated heterocycles. The molecule has 0 aliphatic heterocycles. The topological polar surface area (TPSA) is 29.5 Å². The maximum absolute atomic E-state index is 9.45. The number of aliphatic hydroxyl groups excluding tert-OH is 1. The number of aliphatic hydroxyl groups is 1. The highest BCUT2D eigenvalue weighted by Gasteiger charge is 2.35. The first-order valence-electron chi connectivity index (χ1n) is 5.26. The van der Waals surface area contributed by atoms with Gasteiger partial charge in [-0.3, -0.25) is 0 Å². The summed E-state index contributed by atoms with van der Waals surface area (Å²) in [5.41, 5.74) is 0. The minimum absolute atomic E-state index is 0.153. The lowest BCUT2D eigenvalue weighted by Gasteiger charge is -2.35. The maximum Gasteiger partial charge on any atom is 0.0826 e. The van der Waals surface area contributed by atoms with Crippen molar-refractivity contribution in [1.82, 2.24) is 0 Å². The van der Waals surface area contributed by atoms with Crippen LogP contribution in [-0.2, 0) is 4.74 Å². The van der Waals surface area contributed by atoms with Crippen LogP contribution in [0.5, 0.6) is 0 Å². The summed E-state index contributed by atoms with van der Waals surface area (Å²) >= 11 is 10.9. The monoisotopic (exact) mass is 406 g/mol. The van der Waals surface area contributed by atoms with Crippen LogP contribution in [0.3, 0.4) is 0 Å². The van der Waals surface area contributed by atoms with E-state index in [2.05, 4.69) is 47.8 Å². The van der Waals surface area contributed by atoms with E-state index in [1.165, 1.54) is 0 Å². The average Bonchev–Trinajstić information content (AvgIpc) is 2.15. The van der Waals surface area contributed by atoms with E-state index in [0.717, 1.165) is 19.3 Å². The Morgan fingerprint density at radius 3 is 2.27 bits per heavy atom. The average molecular weight is 409 g/mol. The molecule has 0 aromatic rings. The minimum atomic E-state index is -0.342. The fourth-order valence-corrected chi connectivity index (χ4v) is 5.79. The summed E-state index contributed by atoms with van der Waals surface area (Å²) < 4.78 is 5.74. The van der Waals surface area contributed by atoms with Gasteiger partial charge in [-0.1, -0.05) is 54.7 Å². The van der Waals surface area contributed by atoms with Crippen LogP contribution < -0.4 is 0 Å². The molecule has 0 aromatic carbocycles. The lowest BCUT2D eigenvalue weighted by Crippen LogP contribution is -2.42. The first-order chi connectivity index (χ1) is 7.04. The third-order valence-corrected chi connectivity index (χ3v) is 5.16. The molecule has 15 heavy (non-hydrogen) atoms. The number of halogens is 3. The fraction of sp³-hybridized carbons (Fsp3) is 1.00. The van der Waals surface area contributed by atoms with Crippen molar-refractivity contribution >= 4 is 47.8 Å². The van der Waals surface area contributed by atoms with Crippen LogP contribution in [0.2, 0.25) is 0 Å². The first-order valence-corrected chi connectivity index (χ1v) is 8.01. The van der Waals surface area contributed by atoms with Crippen molar-refractivity contribution in [1.29, 1.82) is 0 Å². The standard InChI is InChI=1S/C10H17Br3O2/c1-2-7(14)5-15-10-8(12)3-6(11)4-9(10)13/h6-10,14H,2-5H2,1H3. The van der Waals surface area contributed by atoms with Gasteiger partial charge in [0.1, 0.15) is 0 Å². The van der Waals surface area contributed by atoms with E-state index in [9.17, 15) is 5.11 Å². The predicted molar refractivity (Wildman–Crippen MR) is 73.4 cm³/mol. The highest BCUT2D eigenvalue weighted by atomic mass is 79.9. The molecule has 0 aromatic heterocycles. The molecule has 1 rings (SSSR count). The molecule has 1 fully saturated rings. The maximum atomic E-state index is 9.45. The first kappa shape index (κ1) is 14.4. The number of hydrogen-bond donors (Lipinski definition) is 1. The van der Waals surface area contributed by atoms with E-state index < -0.39 is 0 Å². The second-order valence-electron chi connectivity index (χ2n) is 3.96. The molecular weight excluding hydrogens is 392 g/mol. The van der Waals surface area contributed by atoms with Crippen LogP contribution in [0.1, 0.15) is 26.2 Å². The Bertz CT molecular complexity index is 180. The molecule has 0 heterocycles. The fourth-order valence-electron chi connectivity index (χ4n) is 1.63. The smallest absolute Gasteiger partial charge is 0.0826 e. The van der Waals surface area contributed by atoms with Gasteiger partial charge >= 0.3 is 0 Å². The van der Waals surface area contributed by atoms with Crippen molar-refractivity contribution in [2.75, 3.05) is 6.61 Å². The molecule has 0 amide bonds. The molecule has 90 valence electrons. The van der Waals surface area contributed by atoms with Crippen LogP contribution in [-0.4, -0.2) is 38.4 Å². The molecule has 0 spiro atoms. The van der Waals surface area contributed by atoms with Gasteiger partial charge in [-0.2, -0.15) is 0 Å². The minimum Gasteiger partial charge on any atom is -0.391 e. The summed E-state index contributed by atoms with van der Waals surface area (Å²) in [7, 11) is 0. The normalized spacial score (nSPS) is 39.0. The van der Waals surface area contributed by atoms with Crippen molar-refractivity contribution in [2.24, 2.45) is 0 Å². The Kier molecular flexibility index (Phi) is 6.67. The molecule has 1 N–H and O–H groups in total. The zero-order chi connectivity index (χ0) is 11.4. The van der Waals surface area contributed by atoms with Gasteiger partial charge < -0.3 is 9.84 Å². The summed E-state index contributed by atoms with van der Waals surface area (Å²) in [6.07, 6.45) is 2.68. The van der Waals surface area contributed by atoms with Crippen LogP contribution in [0.25, 0.3) is 0 Å².